The Hall–Kier alpha value is -1.48. The maximum absolute atomic E-state index is 5.56. The Morgan fingerprint density at radius 3 is 2.67 bits per heavy atom. The van der Waals surface area contributed by atoms with Crippen LogP contribution in [0.1, 0.15) is 50.6 Å². The lowest BCUT2D eigenvalue weighted by Gasteiger charge is -2.24. The second kappa shape index (κ2) is 8.08. The van der Waals surface area contributed by atoms with E-state index in [-0.39, 0.29) is 0 Å². The van der Waals surface area contributed by atoms with Gasteiger partial charge in [-0.05, 0) is 44.7 Å². The predicted molar refractivity (Wildman–Crippen MR) is 87.1 cm³/mol. The zero-order valence-corrected chi connectivity index (χ0v) is 13.4. The summed E-state index contributed by atoms with van der Waals surface area (Å²) in [7, 11) is 3.41. The molecule has 2 rings (SSSR count). The first-order chi connectivity index (χ1) is 10.3. The maximum atomic E-state index is 5.56. The van der Waals surface area contributed by atoms with Gasteiger partial charge in [0.15, 0.2) is 0 Å². The molecule has 0 aliphatic heterocycles. The van der Waals surface area contributed by atoms with Gasteiger partial charge in [0.1, 0.15) is 11.5 Å². The van der Waals surface area contributed by atoms with Gasteiger partial charge in [-0.1, -0.05) is 24.6 Å². The highest BCUT2D eigenvalue weighted by molar-refractivity contribution is 5.43. The van der Waals surface area contributed by atoms with Crippen molar-refractivity contribution >= 4 is 0 Å². The van der Waals surface area contributed by atoms with Crippen LogP contribution in [0.4, 0.5) is 0 Å². The summed E-state index contributed by atoms with van der Waals surface area (Å²) < 4.78 is 10.9. The Morgan fingerprint density at radius 2 is 2.05 bits per heavy atom. The van der Waals surface area contributed by atoms with Crippen LogP contribution in [0.15, 0.2) is 29.8 Å². The lowest BCUT2D eigenvalue weighted by molar-refractivity contribution is 0.383. The molecule has 1 N–H and O–H groups in total. The second-order valence-electron chi connectivity index (χ2n) is 5.53. The zero-order chi connectivity index (χ0) is 15.1. The molecule has 116 valence electrons. The van der Waals surface area contributed by atoms with E-state index in [1.54, 1.807) is 19.8 Å². The summed E-state index contributed by atoms with van der Waals surface area (Å²) in [6.45, 7) is 3.10. The fraction of sp³-hybridized carbons (Fsp3) is 0.556. The van der Waals surface area contributed by atoms with E-state index < -0.39 is 0 Å². The molecular weight excluding hydrogens is 262 g/mol. The molecule has 21 heavy (non-hydrogen) atoms. The Labute approximate surface area is 128 Å². The largest absolute Gasteiger partial charge is 0.497 e. The molecule has 0 fully saturated rings. The van der Waals surface area contributed by atoms with Gasteiger partial charge in [-0.3, -0.25) is 0 Å². The molecule has 3 nitrogen and oxygen atoms in total. The number of allylic oxidation sites excluding steroid dienone is 1. The van der Waals surface area contributed by atoms with E-state index in [2.05, 4.69) is 24.4 Å². The van der Waals surface area contributed by atoms with Crippen molar-refractivity contribution < 1.29 is 9.47 Å². The van der Waals surface area contributed by atoms with Gasteiger partial charge >= 0.3 is 0 Å². The van der Waals surface area contributed by atoms with E-state index in [0.717, 1.165) is 24.5 Å². The molecule has 0 spiro atoms. The van der Waals surface area contributed by atoms with Crippen molar-refractivity contribution in [2.75, 3.05) is 20.8 Å². The average Bonchev–Trinajstić information content (AvgIpc) is 2.55. The number of hydrogen-bond donors (Lipinski definition) is 1. The summed E-state index contributed by atoms with van der Waals surface area (Å²) >= 11 is 0. The van der Waals surface area contributed by atoms with E-state index in [0.29, 0.717) is 6.04 Å². The van der Waals surface area contributed by atoms with Crippen LogP contribution in [0.25, 0.3) is 0 Å². The Kier molecular flexibility index (Phi) is 6.12. The van der Waals surface area contributed by atoms with E-state index in [4.69, 9.17) is 9.47 Å². The van der Waals surface area contributed by atoms with Crippen molar-refractivity contribution in [2.24, 2.45) is 0 Å². The molecule has 1 aromatic carbocycles. The summed E-state index contributed by atoms with van der Waals surface area (Å²) in [6, 6.07) is 6.40. The van der Waals surface area contributed by atoms with Crippen molar-refractivity contribution in [3.05, 3.63) is 35.4 Å². The third kappa shape index (κ3) is 4.24. The third-order valence-electron chi connectivity index (χ3n) is 4.12. The summed E-state index contributed by atoms with van der Waals surface area (Å²) in [6.07, 6.45) is 8.61. The van der Waals surface area contributed by atoms with Gasteiger partial charge in [-0.25, -0.2) is 0 Å². The van der Waals surface area contributed by atoms with Gasteiger partial charge in [-0.2, -0.15) is 0 Å². The van der Waals surface area contributed by atoms with Crippen LogP contribution in [0, 0.1) is 0 Å². The normalized spacial score (nSPS) is 16.2. The van der Waals surface area contributed by atoms with Gasteiger partial charge in [0.05, 0.1) is 14.2 Å². The van der Waals surface area contributed by atoms with E-state index in [9.17, 15) is 0 Å². The summed E-state index contributed by atoms with van der Waals surface area (Å²) in [4.78, 5) is 0. The van der Waals surface area contributed by atoms with Crippen LogP contribution in [0.5, 0.6) is 11.5 Å². The second-order valence-corrected chi connectivity index (χ2v) is 5.53. The van der Waals surface area contributed by atoms with Crippen molar-refractivity contribution in [3.63, 3.8) is 0 Å². The highest BCUT2D eigenvalue weighted by Crippen LogP contribution is 2.34. The number of methoxy groups -OCH3 is 2. The van der Waals surface area contributed by atoms with Crippen molar-refractivity contribution in [1.82, 2.24) is 5.32 Å². The number of nitrogens with one attached hydrogen (secondary N) is 1. The average molecular weight is 289 g/mol. The Morgan fingerprint density at radius 1 is 1.19 bits per heavy atom. The molecule has 3 heteroatoms. The minimum Gasteiger partial charge on any atom is -0.497 e. The monoisotopic (exact) mass is 289 g/mol. The van der Waals surface area contributed by atoms with Crippen molar-refractivity contribution in [1.29, 1.82) is 0 Å². The van der Waals surface area contributed by atoms with Crippen LogP contribution in [0.2, 0.25) is 0 Å². The van der Waals surface area contributed by atoms with E-state index in [1.165, 1.54) is 31.2 Å². The number of rotatable bonds is 7. The topological polar surface area (TPSA) is 30.5 Å². The van der Waals surface area contributed by atoms with Crippen LogP contribution >= 0.6 is 0 Å². The lowest BCUT2D eigenvalue weighted by atomic mass is 9.91. The van der Waals surface area contributed by atoms with E-state index in [1.807, 2.05) is 12.1 Å². The molecular formula is C18H27NO2. The Bertz CT molecular complexity index is 482. The van der Waals surface area contributed by atoms with Crippen molar-refractivity contribution in [2.45, 2.75) is 45.1 Å². The molecule has 0 amide bonds. The Balaban J connectivity index is 2.22. The van der Waals surface area contributed by atoms with Gasteiger partial charge in [0, 0.05) is 17.7 Å². The fourth-order valence-electron chi connectivity index (χ4n) is 3.00. The van der Waals surface area contributed by atoms with Crippen LogP contribution in [0.3, 0.4) is 0 Å². The van der Waals surface area contributed by atoms with Gasteiger partial charge in [-0.15, -0.1) is 0 Å². The summed E-state index contributed by atoms with van der Waals surface area (Å²) in [5.74, 6) is 1.74. The molecule has 0 heterocycles. The van der Waals surface area contributed by atoms with Crippen LogP contribution < -0.4 is 14.8 Å². The highest BCUT2D eigenvalue weighted by Gasteiger charge is 2.18. The molecule has 0 radical (unpaired) electrons. The quantitative estimate of drug-likeness (QED) is 0.761. The molecule has 0 saturated carbocycles. The van der Waals surface area contributed by atoms with Crippen LogP contribution in [-0.4, -0.2) is 20.8 Å². The summed E-state index contributed by atoms with van der Waals surface area (Å²) in [5.41, 5.74) is 2.79. The maximum Gasteiger partial charge on any atom is 0.127 e. The first-order valence-corrected chi connectivity index (χ1v) is 7.91. The SMILES string of the molecule is CCNC(CC1=CCCCC1)c1ccc(OC)cc1OC. The number of hydrogen-bond acceptors (Lipinski definition) is 3. The molecule has 1 atom stereocenters. The summed E-state index contributed by atoms with van der Waals surface area (Å²) in [5, 5.41) is 3.60. The fourth-order valence-corrected chi connectivity index (χ4v) is 3.00. The smallest absolute Gasteiger partial charge is 0.127 e. The standard InChI is InChI=1S/C18H27NO2/c1-4-19-17(12-14-8-6-5-7-9-14)16-11-10-15(20-2)13-18(16)21-3/h8,10-11,13,17,19H,4-7,9,12H2,1-3H3. The van der Waals surface area contributed by atoms with Crippen LogP contribution in [-0.2, 0) is 0 Å². The van der Waals surface area contributed by atoms with Crippen molar-refractivity contribution in [3.8, 4) is 11.5 Å². The molecule has 0 aromatic heterocycles. The number of benzene rings is 1. The highest BCUT2D eigenvalue weighted by atomic mass is 16.5. The molecule has 0 bridgehead atoms. The minimum atomic E-state index is 0.306. The molecule has 1 aliphatic carbocycles. The van der Waals surface area contributed by atoms with Gasteiger partial charge in [0.2, 0.25) is 0 Å². The molecule has 0 saturated heterocycles. The lowest BCUT2D eigenvalue weighted by Crippen LogP contribution is -2.22. The van der Waals surface area contributed by atoms with Gasteiger partial charge < -0.3 is 14.8 Å². The first kappa shape index (κ1) is 15.9. The number of ether oxygens (including phenoxy) is 2. The molecule has 1 unspecified atom stereocenters. The predicted octanol–water partition coefficient (Wildman–Crippen LogP) is 4.24. The third-order valence-corrected chi connectivity index (χ3v) is 4.12. The van der Waals surface area contributed by atoms with E-state index >= 15 is 0 Å². The van der Waals surface area contributed by atoms with Gasteiger partial charge in [0.25, 0.3) is 0 Å². The molecule has 1 aliphatic rings. The molecule has 1 aromatic rings. The minimum absolute atomic E-state index is 0.306. The zero-order valence-electron chi connectivity index (χ0n) is 13.4. The first-order valence-electron chi connectivity index (χ1n) is 7.91.